The maximum absolute atomic E-state index is 3.61. The Morgan fingerprint density at radius 3 is 2.94 bits per heavy atom. The number of hydrogen-bond acceptors (Lipinski definition) is 1. The largest absolute Gasteiger partial charge is 0.385 e. The topological polar surface area (TPSA) is 12.0 Å². The first kappa shape index (κ1) is 12.5. The highest BCUT2D eigenvalue weighted by molar-refractivity contribution is 5.45. The van der Waals surface area contributed by atoms with Crippen molar-refractivity contribution in [2.45, 2.75) is 46.0 Å². The Morgan fingerprint density at radius 2 is 2.18 bits per heavy atom. The summed E-state index contributed by atoms with van der Waals surface area (Å²) < 4.78 is 0. The molecule has 0 saturated heterocycles. The van der Waals surface area contributed by atoms with Gasteiger partial charge in [-0.15, -0.1) is 0 Å². The van der Waals surface area contributed by atoms with Crippen molar-refractivity contribution >= 4 is 5.69 Å². The van der Waals surface area contributed by atoms with E-state index in [0.29, 0.717) is 0 Å². The van der Waals surface area contributed by atoms with Crippen molar-refractivity contribution in [3.63, 3.8) is 0 Å². The number of aryl methyl sites for hydroxylation is 1. The molecule has 1 aromatic rings. The lowest BCUT2D eigenvalue weighted by molar-refractivity contribution is 0.293. The van der Waals surface area contributed by atoms with Gasteiger partial charge in [-0.2, -0.15) is 0 Å². The molecule has 0 amide bonds. The average Bonchev–Trinajstić information content (AvgIpc) is 2.37. The van der Waals surface area contributed by atoms with E-state index in [0.717, 1.165) is 24.8 Å². The third-order valence-electron chi connectivity index (χ3n) is 3.98. The molecule has 0 bridgehead atoms. The molecule has 94 valence electrons. The standard InChI is InChI=1S/C16H25N/c1-3-14-7-5-9-16(11-14)17-12-15-8-4-6-13(2)10-15/h5,7,9,11,13,15,17H,3-4,6,8,10,12H2,1-2H3. The third kappa shape index (κ3) is 3.76. The molecular weight excluding hydrogens is 206 g/mol. The monoisotopic (exact) mass is 231 g/mol. The Kier molecular flexibility index (Phi) is 4.47. The summed E-state index contributed by atoms with van der Waals surface area (Å²) in [6.45, 7) is 5.75. The minimum Gasteiger partial charge on any atom is -0.385 e. The van der Waals surface area contributed by atoms with E-state index in [1.165, 1.54) is 36.9 Å². The van der Waals surface area contributed by atoms with Crippen LogP contribution in [0.2, 0.25) is 0 Å². The van der Waals surface area contributed by atoms with E-state index in [1.807, 2.05) is 0 Å². The molecule has 0 aromatic heterocycles. The Morgan fingerprint density at radius 1 is 1.29 bits per heavy atom. The number of hydrogen-bond donors (Lipinski definition) is 1. The molecule has 1 fully saturated rings. The van der Waals surface area contributed by atoms with Crippen molar-refractivity contribution in [2.75, 3.05) is 11.9 Å². The molecule has 1 N–H and O–H groups in total. The van der Waals surface area contributed by atoms with Crippen molar-refractivity contribution < 1.29 is 0 Å². The minimum absolute atomic E-state index is 0.879. The molecule has 2 unspecified atom stereocenters. The number of nitrogens with one attached hydrogen (secondary N) is 1. The summed E-state index contributed by atoms with van der Waals surface area (Å²) in [5.41, 5.74) is 2.72. The van der Waals surface area contributed by atoms with Crippen LogP contribution < -0.4 is 5.32 Å². The van der Waals surface area contributed by atoms with Gasteiger partial charge in [0.1, 0.15) is 0 Å². The van der Waals surface area contributed by atoms with Crippen LogP contribution in [0.1, 0.15) is 45.1 Å². The summed E-state index contributed by atoms with van der Waals surface area (Å²) in [4.78, 5) is 0. The predicted molar refractivity (Wildman–Crippen MR) is 75.4 cm³/mol. The van der Waals surface area contributed by atoms with Crippen LogP contribution in [0.3, 0.4) is 0 Å². The van der Waals surface area contributed by atoms with Crippen molar-refractivity contribution in [1.29, 1.82) is 0 Å². The fourth-order valence-electron chi connectivity index (χ4n) is 2.91. The van der Waals surface area contributed by atoms with Crippen molar-refractivity contribution in [2.24, 2.45) is 11.8 Å². The van der Waals surface area contributed by atoms with Crippen LogP contribution in [0, 0.1) is 11.8 Å². The lowest BCUT2D eigenvalue weighted by Gasteiger charge is -2.27. The lowest BCUT2D eigenvalue weighted by atomic mass is 9.82. The van der Waals surface area contributed by atoms with E-state index in [9.17, 15) is 0 Å². The smallest absolute Gasteiger partial charge is 0.0342 e. The molecular formula is C16H25N. The summed E-state index contributed by atoms with van der Waals surface area (Å²) >= 11 is 0. The summed E-state index contributed by atoms with van der Waals surface area (Å²) in [6, 6.07) is 8.83. The second-order valence-electron chi connectivity index (χ2n) is 5.57. The zero-order chi connectivity index (χ0) is 12.1. The van der Waals surface area contributed by atoms with E-state index >= 15 is 0 Å². The average molecular weight is 231 g/mol. The van der Waals surface area contributed by atoms with E-state index in [4.69, 9.17) is 0 Å². The van der Waals surface area contributed by atoms with Gasteiger partial charge >= 0.3 is 0 Å². The van der Waals surface area contributed by atoms with Gasteiger partial charge in [-0.1, -0.05) is 38.8 Å². The van der Waals surface area contributed by atoms with Crippen LogP contribution in [-0.2, 0) is 6.42 Å². The van der Waals surface area contributed by atoms with Crippen LogP contribution in [0.5, 0.6) is 0 Å². The molecule has 1 saturated carbocycles. The zero-order valence-corrected chi connectivity index (χ0v) is 11.2. The van der Waals surface area contributed by atoms with E-state index in [1.54, 1.807) is 0 Å². The Labute approximate surface area is 106 Å². The highest BCUT2D eigenvalue weighted by Gasteiger charge is 2.18. The first-order chi connectivity index (χ1) is 8.28. The van der Waals surface area contributed by atoms with Crippen molar-refractivity contribution in [3.8, 4) is 0 Å². The number of benzene rings is 1. The van der Waals surface area contributed by atoms with Gasteiger partial charge in [0, 0.05) is 12.2 Å². The molecule has 1 aromatic carbocycles. The predicted octanol–water partition coefficient (Wildman–Crippen LogP) is 4.49. The van der Waals surface area contributed by atoms with Crippen molar-refractivity contribution in [1.82, 2.24) is 0 Å². The Hall–Kier alpha value is -0.980. The molecule has 0 heterocycles. The van der Waals surface area contributed by atoms with Crippen LogP contribution in [0.25, 0.3) is 0 Å². The molecule has 1 aliphatic rings. The fourth-order valence-corrected chi connectivity index (χ4v) is 2.91. The molecule has 2 atom stereocenters. The van der Waals surface area contributed by atoms with Gasteiger partial charge in [-0.25, -0.2) is 0 Å². The van der Waals surface area contributed by atoms with Crippen LogP contribution >= 0.6 is 0 Å². The first-order valence-corrected chi connectivity index (χ1v) is 7.10. The quantitative estimate of drug-likeness (QED) is 0.805. The first-order valence-electron chi connectivity index (χ1n) is 7.10. The van der Waals surface area contributed by atoms with Crippen LogP contribution in [0.4, 0.5) is 5.69 Å². The lowest BCUT2D eigenvalue weighted by Crippen LogP contribution is -2.21. The fraction of sp³-hybridized carbons (Fsp3) is 0.625. The van der Waals surface area contributed by atoms with Gasteiger partial charge in [0.25, 0.3) is 0 Å². The second kappa shape index (κ2) is 6.09. The molecule has 17 heavy (non-hydrogen) atoms. The van der Waals surface area contributed by atoms with Gasteiger partial charge in [-0.05, 0) is 48.8 Å². The van der Waals surface area contributed by atoms with E-state index in [2.05, 4.69) is 43.4 Å². The summed E-state index contributed by atoms with van der Waals surface area (Å²) in [5.74, 6) is 1.81. The number of rotatable bonds is 4. The molecule has 0 spiro atoms. The van der Waals surface area contributed by atoms with Gasteiger partial charge in [-0.3, -0.25) is 0 Å². The maximum Gasteiger partial charge on any atom is 0.0342 e. The zero-order valence-electron chi connectivity index (χ0n) is 11.2. The molecule has 1 aliphatic carbocycles. The van der Waals surface area contributed by atoms with Gasteiger partial charge < -0.3 is 5.32 Å². The molecule has 0 aliphatic heterocycles. The van der Waals surface area contributed by atoms with Gasteiger partial charge in [0.2, 0.25) is 0 Å². The summed E-state index contributed by atoms with van der Waals surface area (Å²) in [6.07, 6.45) is 6.78. The molecule has 1 nitrogen and oxygen atoms in total. The van der Waals surface area contributed by atoms with Crippen molar-refractivity contribution in [3.05, 3.63) is 29.8 Å². The highest BCUT2D eigenvalue weighted by Crippen LogP contribution is 2.28. The summed E-state index contributed by atoms with van der Waals surface area (Å²) in [5, 5.41) is 3.61. The third-order valence-corrected chi connectivity index (χ3v) is 3.98. The Balaban J connectivity index is 1.84. The van der Waals surface area contributed by atoms with E-state index < -0.39 is 0 Å². The highest BCUT2D eigenvalue weighted by atomic mass is 14.9. The maximum atomic E-state index is 3.61. The molecule has 1 heteroatoms. The second-order valence-corrected chi connectivity index (χ2v) is 5.57. The molecule has 2 rings (SSSR count). The number of anilines is 1. The van der Waals surface area contributed by atoms with Gasteiger partial charge in [0.05, 0.1) is 0 Å². The summed E-state index contributed by atoms with van der Waals surface area (Å²) in [7, 11) is 0. The minimum atomic E-state index is 0.879. The van der Waals surface area contributed by atoms with Crippen LogP contribution in [0.15, 0.2) is 24.3 Å². The van der Waals surface area contributed by atoms with E-state index in [-0.39, 0.29) is 0 Å². The van der Waals surface area contributed by atoms with Gasteiger partial charge in [0.15, 0.2) is 0 Å². The SMILES string of the molecule is CCc1cccc(NCC2CCCC(C)C2)c1. The normalized spacial score (nSPS) is 24.6. The van der Waals surface area contributed by atoms with Crippen LogP contribution in [-0.4, -0.2) is 6.54 Å². The molecule has 0 radical (unpaired) electrons. The Bertz CT molecular complexity index is 345.